The van der Waals surface area contributed by atoms with Crippen LogP contribution in [-0.2, 0) is 19.1 Å². The van der Waals surface area contributed by atoms with E-state index < -0.39 is 24.3 Å². The average Bonchev–Trinajstić information content (AvgIpc) is 4.07. The summed E-state index contributed by atoms with van der Waals surface area (Å²) in [5.41, 5.74) is 6.03. The Morgan fingerprint density at radius 1 is 0.712 bits per heavy atom. The Labute approximate surface area is 348 Å². The van der Waals surface area contributed by atoms with E-state index in [9.17, 15) is 19.2 Å². The minimum absolute atomic E-state index is 0.107. The van der Waals surface area contributed by atoms with Crippen LogP contribution in [-0.4, -0.2) is 93.1 Å². The number of amides is 4. The minimum atomic E-state index is -0.697. The summed E-state index contributed by atoms with van der Waals surface area (Å²) in [6.45, 7) is 13.1. The number of rotatable bonds is 11. The summed E-state index contributed by atoms with van der Waals surface area (Å²) in [5.74, 6) is 1.57. The molecule has 0 bridgehead atoms. The van der Waals surface area contributed by atoms with E-state index in [1.54, 1.807) is 11.3 Å². The van der Waals surface area contributed by atoms with Crippen LogP contribution in [0.5, 0.6) is 0 Å². The fourth-order valence-electron chi connectivity index (χ4n) is 8.30. The normalized spacial score (nSPS) is 20.3. The smallest absolute Gasteiger partial charge is 0.407 e. The molecular formula is C44H54N8O6S. The third-order valence-corrected chi connectivity index (χ3v) is 12.6. The Bertz CT molecular complexity index is 2270. The van der Waals surface area contributed by atoms with Gasteiger partial charge in [-0.15, -0.1) is 11.3 Å². The zero-order chi connectivity index (χ0) is 42.1. The maximum absolute atomic E-state index is 13.7. The molecule has 5 heterocycles. The minimum Gasteiger partial charge on any atom is -0.453 e. The van der Waals surface area contributed by atoms with Crippen LogP contribution < -0.4 is 10.6 Å². The molecule has 6 atom stereocenters. The van der Waals surface area contributed by atoms with Crippen LogP contribution in [0, 0.1) is 23.7 Å². The van der Waals surface area contributed by atoms with Crippen molar-refractivity contribution < 1.29 is 28.7 Å². The van der Waals surface area contributed by atoms with Crippen molar-refractivity contribution in [2.24, 2.45) is 23.7 Å². The average molecular weight is 823 g/mol. The van der Waals surface area contributed by atoms with Gasteiger partial charge in [0.25, 0.3) is 0 Å². The number of aromatic nitrogens is 4. The lowest BCUT2D eigenvalue weighted by molar-refractivity contribution is -0.136. The van der Waals surface area contributed by atoms with E-state index in [0.717, 1.165) is 67.7 Å². The molecule has 14 nitrogen and oxygen atoms in total. The molecule has 0 aliphatic carbocycles. The monoisotopic (exact) mass is 822 g/mol. The number of thiophene rings is 1. The second-order valence-electron chi connectivity index (χ2n) is 16.7. The molecule has 2 aliphatic rings. The van der Waals surface area contributed by atoms with E-state index in [1.807, 2.05) is 43.7 Å². The first kappa shape index (κ1) is 41.5. The third-order valence-electron chi connectivity index (χ3n) is 11.5. The first-order valence-corrected chi connectivity index (χ1v) is 21.1. The van der Waals surface area contributed by atoms with Crippen molar-refractivity contribution in [3.05, 3.63) is 72.4 Å². The number of H-pyrrole nitrogens is 2. The number of hydrogen-bond donors (Lipinski definition) is 4. The third kappa shape index (κ3) is 8.70. The Balaban J connectivity index is 1.02. The van der Waals surface area contributed by atoms with Gasteiger partial charge in [0.15, 0.2) is 0 Å². The lowest BCUT2D eigenvalue weighted by atomic mass is 10.0. The highest BCUT2D eigenvalue weighted by Gasteiger charge is 2.41. The zero-order valence-corrected chi connectivity index (χ0v) is 35.7. The Kier molecular flexibility index (Phi) is 12.1. The van der Waals surface area contributed by atoms with Gasteiger partial charge in [0.05, 0.1) is 43.7 Å². The van der Waals surface area contributed by atoms with Gasteiger partial charge >= 0.3 is 12.2 Å². The molecule has 7 rings (SSSR count). The molecule has 0 radical (unpaired) electrons. The van der Waals surface area contributed by atoms with Gasteiger partial charge in [-0.3, -0.25) is 9.59 Å². The molecule has 0 saturated carbocycles. The van der Waals surface area contributed by atoms with E-state index >= 15 is 0 Å². The van der Waals surface area contributed by atoms with Crippen molar-refractivity contribution in [1.29, 1.82) is 0 Å². The maximum Gasteiger partial charge on any atom is 0.407 e. The summed E-state index contributed by atoms with van der Waals surface area (Å²) < 4.78 is 9.57. The van der Waals surface area contributed by atoms with E-state index in [-0.39, 0.29) is 41.7 Å². The number of aromatic amines is 2. The van der Waals surface area contributed by atoms with E-state index in [1.165, 1.54) is 14.2 Å². The highest BCUT2D eigenvalue weighted by atomic mass is 32.1. The molecule has 4 N–H and O–H groups in total. The van der Waals surface area contributed by atoms with Crippen LogP contribution in [0.2, 0.25) is 0 Å². The fourth-order valence-corrected chi connectivity index (χ4v) is 9.31. The van der Waals surface area contributed by atoms with Crippen LogP contribution in [0.25, 0.3) is 43.2 Å². The fraction of sp³-hybridized carbons (Fsp3) is 0.455. The number of imidazole rings is 2. The van der Waals surface area contributed by atoms with Gasteiger partial charge in [-0.25, -0.2) is 19.6 Å². The van der Waals surface area contributed by atoms with Crippen LogP contribution in [0.15, 0.2) is 60.8 Å². The number of alkyl carbamates (subject to hydrolysis) is 2. The number of carbonyl (C=O) groups excluding carboxylic acids is 4. The van der Waals surface area contributed by atoms with Crippen LogP contribution in [0.1, 0.15) is 78.1 Å². The molecule has 5 aromatic rings. The Hall–Kier alpha value is -5.70. The first-order valence-electron chi connectivity index (χ1n) is 20.3. The largest absolute Gasteiger partial charge is 0.453 e. The van der Waals surface area contributed by atoms with Gasteiger partial charge in [0, 0.05) is 18.0 Å². The van der Waals surface area contributed by atoms with E-state index in [4.69, 9.17) is 19.4 Å². The second kappa shape index (κ2) is 17.3. The van der Waals surface area contributed by atoms with Crippen LogP contribution in [0.3, 0.4) is 0 Å². The summed E-state index contributed by atoms with van der Waals surface area (Å²) in [6, 6.07) is 17.1. The van der Waals surface area contributed by atoms with Gasteiger partial charge < -0.3 is 39.9 Å². The number of hydrogen-bond acceptors (Lipinski definition) is 9. The predicted octanol–water partition coefficient (Wildman–Crippen LogP) is 7.93. The molecule has 2 aliphatic heterocycles. The van der Waals surface area contributed by atoms with Crippen molar-refractivity contribution in [2.75, 3.05) is 27.3 Å². The predicted molar refractivity (Wildman–Crippen MR) is 227 cm³/mol. The van der Waals surface area contributed by atoms with E-state index in [2.05, 4.69) is 89.0 Å². The van der Waals surface area contributed by atoms with Gasteiger partial charge in [-0.1, -0.05) is 90.1 Å². The molecule has 0 spiro atoms. The van der Waals surface area contributed by atoms with Gasteiger partial charge in [0.1, 0.15) is 28.6 Å². The second-order valence-corrected chi connectivity index (χ2v) is 17.7. The first-order chi connectivity index (χ1) is 28.2. The summed E-state index contributed by atoms with van der Waals surface area (Å²) >= 11 is 1.61. The lowest BCUT2D eigenvalue weighted by Crippen LogP contribution is -2.51. The summed E-state index contributed by atoms with van der Waals surface area (Å²) in [6.07, 6.45) is 2.13. The van der Waals surface area contributed by atoms with Gasteiger partial charge in [0.2, 0.25) is 11.8 Å². The van der Waals surface area contributed by atoms with Crippen LogP contribution in [0.4, 0.5) is 9.59 Å². The van der Waals surface area contributed by atoms with Crippen molar-refractivity contribution >= 4 is 45.7 Å². The molecule has 4 amide bonds. The Morgan fingerprint density at radius 2 is 1.19 bits per heavy atom. The summed E-state index contributed by atoms with van der Waals surface area (Å²) in [5, 5.41) is 5.43. The number of fused-ring (bicyclic) bond motifs is 1. The molecule has 59 heavy (non-hydrogen) atoms. The number of ether oxygens (including phenoxy) is 2. The topological polar surface area (TPSA) is 175 Å². The molecule has 2 saturated heterocycles. The molecule has 15 heteroatoms. The Morgan fingerprint density at radius 3 is 1.66 bits per heavy atom. The molecule has 2 aromatic carbocycles. The van der Waals surface area contributed by atoms with Crippen molar-refractivity contribution in [2.45, 2.75) is 78.6 Å². The zero-order valence-electron chi connectivity index (χ0n) is 34.9. The van der Waals surface area contributed by atoms with Crippen molar-refractivity contribution in [1.82, 2.24) is 40.4 Å². The SMILES string of the molecule is COC(=O)NC(C(=O)N1C[C@@H](C)C[C@H]1c1nc2sc(-c3ccc(-c4ccc(-c5cnc([C@@H]6C[C@H](C)CN6C(=O)[C@@H](NC(=O)OC)C(C)C)[nH]5)cc4)cc3)cc2[nH]1)C(C)C. The standard InChI is InChI=1S/C44H54N8O6S/c1-23(2)36(48-43(55)57-7)41(53)51-21-25(5)17-33(51)38-45-20-32(47-38)29-13-9-27(10-14-29)28-11-15-30(16-12-28)35-19-31-40(59-35)50-39(46-31)34-18-26(6)22-52(34)42(54)37(24(3)4)49-44(56)58-8/h9-16,19-20,23-26,33-34,36-37H,17-18,21-22H2,1-8H3,(H,45,47)(H,46,50)(H,48,55)(H,49,56)/t25-,26-,33-,34-,36-,37?/m0/s1. The van der Waals surface area contributed by atoms with Crippen molar-refractivity contribution in [3.8, 4) is 32.8 Å². The molecular weight excluding hydrogens is 769 g/mol. The highest BCUT2D eigenvalue weighted by molar-refractivity contribution is 7.21. The van der Waals surface area contributed by atoms with Gasteiger partial charge in [-0.2, -0.15) is 0 Å². The number of nitrogens with zero attached hydrogens (tertiary/aromatic N) is 4. The number of nitrogens with one attached hydrogen (secondary N) is 4. The number of methoxy groups -OCH3 is 2. The maximum atomic E-state index is 13.7. The summed E-state index contributed by atoms with van der Waals surface area (Å²) in [7, 11) is 2.59. The number of likely N-dealkylation sites (tertiary alicyclic amines) is 2. The summed E-state index contributed by atoms with van der Waals surface area (Å²) in [4.78, 5) is 73.7. The number of benzene rings is 2. The lowest BCUT2D eigenvalue weighted by Gasteiger charge is -2.30. The van der Waals surface area contributed by atoms with Crippen LogP contribution >= 0.6 is 11.3 Å². The quantitative estimate of drug-likeness (QED) is 0.104. The highest BCUT2D eigenvalue weighted by Crippen LogP contribution is 2.40. The van der Waals surface area contributed by atoms with Crippen molar-refractivity contribution in [3.63, 3.8) is 0 Å². The van der Waals surface area contributed by atoms with Gasteiger partial charge in [-0.05, 0) is 64.8 Å². The number of carbonyl (C=O) groups is 4. The molecule has 1 unspecified atom stereocenters. The molecule has 312 valence electrons. The molecule has 3 aromatic heterocycles. The van der Waals surface area contributed by atoms with E-state index in [0.29, 0.717) is 19.0 Å². The molecule has 2 fully saturated rings.